The molecule has 6 aliphatic rings. The van der Waals surface area contributed by atoms with Crippen molar-refractivity contribution in [2.24, 2.45) is 23.7 Å². The molecule has 4 nitrogen and oxygen atoms in total. The van der Waals surface area contributed by atoms with E-state index in [1.807, 2.05) is 6.07 Å². The fourth-order valence-electron chi connectivity index (χ4n) is 8.65. The summed E-state index contributed by atoms with van der Waals surface area (Å²) in [7, 11) is 2.26. The zero-order valence-electron chi connectivity index (χ0n) is 19.9. The van der Waals surface area contributed by atoms with Gasteiger partial charge in [0.2, 0.25) is 5.91 Å². The minimum absolute atomic E-state index is 0.0222. The second-order valence-corrected chi connectivity index (χ2v) is 12.5. The summed E-state index contributed by atoms with van der Waals surface area (Å²) in [5.74, 6) is 3.63. The van der Waals surface area contributed by atoms with Gasteiger partial charge in [-0.05, 0) is 107 Å². The van der Waals surface area contributed by atoms with Crippen LogP contribution in [0.1, 0.15) is 69.9 Å². The van der Waals surface area contributed by atoms with Gasteiger partial charge in [0.15, 0.2) is 0 Å². The Kier molecular flexibility index (Phi) is 4.99. The lowest BCUT2D eigenvalue weighted by Gasteiger charge is -2.54. The molecule has 1 aromatic rings. The Morgan fingerprint density at radius 3 is 2.31 bits per heavy atom. The molecule has 5 heteroatoms. The summed E-state index contributed by atoms with van der Waals surface area (Å²) in [6.07, 6.45) is 8.92. The molecule has 4 aliphatic carbocycles. The molecule has 1 spiro atoms. The summed E-state index contributed by atoms with van der Waals surface area (Å²) < 4.78 is 0. The maximum atomic E-state index is 13.1. The number of piperidine rings is 1. The molecule has 2 aliphatic heterocycles. The second kappa shape index (κ2) is 7.45. The summed E-state index contributed by atoms with van der Waals surface area (Å²) in [6, 6.07) is 6.82. The maximum Gasteiger partial charge on any atom is 0.234 e. The van der Waals surface area contributed by atoms with Gasteiger partial charge < -0.3 is 5.32 Å². The lowest BCUT2D eigenvalue weighted by molar-refractivity contribution is -0.127. The van der Waals surface area contributed by atoms with Crippen LogP contribution in [0.2, 0.25) is 5.02 Å². The quantitative estimate of drug-likeness (QED) is 0.714. The van der Waals surface area contributed by atoms with E-state index >= 15 is 0 Å². The highest BCUT2D eigenvalue weighted by molar-refractivity contribution is 6.31. The standard InChI is InChI=1S/C27H38ClN3O/c1-26(2)21-5-4-6-22(28)24(21)27(30(26)3)7-9-31(10-8-27)16-23(32)29-25-19-12-17-11-18(14-19)15-20(25)13-17/h4-6,17-20,25H,7-16H2,1-3H3,(H,29,32). The number of carbonyl (C=O) groups is 1. The van der Waals surface area contributed by atoms with Gasteiger partial charge in [-0.1, -0.05) is 23.7 Å². The third kappa shape index (κ3) is 3.12. The minimum Gasteiger partial charge on any atom is -0.352 e. The number of carbonyl (C=O) groups excluding carboxylic acids is 1. The molecule has 1 aromatic carbocycles. The molecule has 174 valence electrons. The van der Waals surface area contributed by atoms with Crippen molar-refractivity contribution in [2.75, 3.05) is 26.7 Å². The van der Waals surface area contributed by atoms with E-state index in [0.717, 1.165) is 54.6 Å². The van der Waals surface area contributed by atoms with E-state index in [1.54, 1.807) is 0 Å². The molecule has 0 radical (unpaired) electrons. The van der Waals surface area contributed by atoms with Crippen molar-refractivity contribution in [2.45, 2.75) is 75.9 Å². The Morgan fingerprint density at radius 2 is 1.69 bits per heavy atom. The molecular formula is C27H38ClN3O. The summed E-state index contributed by atoms with van der Waals surface area (Å²) in [6.45, 7) is 7.05. The Balaban J connectivity index is 1.11. The summed E-state index contributed by atoms with van der Waals surface area (Å²) in [5.41, 5.74) is 2.64. The van der Waals surface area contributed by atoms with Gasteiger partial charge in [-0.25, -0.2) is 0 Å². The van der Waals surface area contributed by atoms with Crippen LogP contribution in [0.3, 0.4) is 0 Å². The van der Waals surface area contributed by atoms with Gasteiger partial charge in [-0.15, -0.1) is 0 Å². The van der Waals surface area contributed by atoms with Crippen molar-refractivity contribution < 1.29 is 4.79 Å². The second-order valence-electron chi connectivity index (χ2n) is 12.1. The number of nitrogens with one attached hydrogen (secondary N) is 1. The lowest BCUT2D eigenvalue weighted by Crippen LogP contribution is -2.58. The first-order valence-electron chi connectivity index (χ1n) is 12.8. The number of hydrogen-bond donors (Lipinski definition) is 1. The Hall–Kier alpha value is -1.10. The number of benzene rings is 1. The largest absolute Gasteiger partial charge is 0.352 e. The lowest BCUT2D eigenvalue weighted by atomic mass is 9.54. The van der Waals surface area contributed by atoms with Crippen molar-refractivity contribution in [1.82, 2.24) is 15.1 Å². The van der Waals surface area contributed by atoms with Gasteiger partial charge in [0.05, 0.1) is 12.1 Å². The van der Waals surface area contributed by atoms with Crippen LogP contribution >= 0.6 is 11.6 Å². The van der Waals surface area contributed by atoms with Crippen LogP contribution in [0, 0.1) is 23.7 Å². The van der Waals surface area contributed by atoms with Crippen LogP contribution in [0.5, 0.6) is 0 Å². The fraction of sp³-hybridized carbons (Fsp3) is 0.741. The van der Waals surface area contributed by atoms with Crippen molar-refractivity contribution in [3.63, 3.8) is 0 Å². The van der Waals surface area contributed by atoms with Crippen molar-refractivity contribution >= 4 is 17.5 Å². The topological polar surface area (TPSA) is 35.6 Å². The van der Waals surface area contributed by atoms with Crippen LogP contribution < -0.4 is 5.32 Å². The van der Waals surface area contributed by atoms with Gasteiger partial charge in [-0.2, -0.15) is 0 Å². The van der Waals surface area contributed by atoms with Gasteiger partial charge in [0.1, 0.15) is 0 Å². The van der Waals surface area contributed by atoms with Crippen LogP contribution in [0.4, 0.5) is 0 Å². The molecule has 0 atom stereocenters. The zero-order chi connectivity index (χ0) is 22.3. The molecule has 0 aromatic heterocycles. The van der Waals surface area contributed by atoms with E-state index in [-0.39, 0.29) is 17.0 Å². The van der Waals surface area contributed by atoms with Gasteiger partial charge in [0.25, 0.3) is 0 Å². The van der Waals surface area contributed by atoms with Crippen molar-refractivity contribution in [3.8, 4) is 0 Å². The first-order chi connectivity index (χ1) is 15.3. The van der Waals surface area contributed by atoms with Crippen molar-refractivity contribution in [1.29, 1.82) is 0 Å². The van der Waals surface area contributed by atoms with Gasteiger partial charge in [-0.3, -0.25) is 14.6 Å². The number of halogens is 1. The Labute approximate surface area is 198 Å². The predicted octanol–water partition coefficient (Wildman–Crippen LogP) is 4.75. The number of hydrogen-bond acceptors (Lipinski definition) is 3. The van der Waals surface area contributed by atoms with E-state index in [1.165, 1.54) is 43.2 Å². The Bertz CT molecular complexity index is 891. The minimum atomic E-state index is -0.0285. The maximum absolute atomic E-state index is 13.1. The first kappa shape index (κ1) is 21.4. The normalized spacial score (nSPS) is 37.1. The van der Waals surface area contributed by atoms with Crippen LogP contribution in [-0.2, 0) is 15.9 Å². The van der Waals surface area contributed by atoms with E-state index in [0.29, 0.717) is 12.6 Å². The number of fused-ring (bicyclic) bond motifs is 2. The molecule has 2 heterocycles. The molecule has 4 bridgehead atoms. The highest BCUT2D eigenvalue weighted by atomic mass is 35.5. The number of amides is 1. The summed E-state index contributed by atoms with van der Waals surface area (Å²) in [5, 5.41) is 4.40. The first-order valence-corrected chi connectivity index (χ1v) is 13.2. The molecule has 5 fully saturated rings. The number of nitrogens with zero attached hydrogens (tertiary/aromatic N) is 2. The number of rotatable bonds is 3. The molecule has 1 saturated heterocycles. The Morgan fingerprint density at radius 1 is 1.06 bits per heavy atom. The molecule has 1 amide bonds. The van der Waals surface area contributed by atoms with Crippen LogP contribution in [0.25, 0.3) is 0 Å². The predicted molar refractivity (Wildman–Crippen MR) is 129 cm³/mol. The molecule has 1 N–H and O–H groups in total. The smallest absolute Gasteiger partial charge is 0.234 e. The van der Waals surface area contributed by atoms with E-state index in [2.05, 4.69) is 48.1 Å². The average Bonchev–Trinajstić information content (AvgIpc) is 2.91. The van der Waals surface area contributed by atoms with Crippen LogP contribution in [-0.4, -0.2) is 48.4 Å². The fourth-order valence-corrected chi connectivity index (χ4v) is 9.00. The van der Waals surface area contributed by atoms with Gasteiger partial charge in [0, 0.05) is 29.7 Å². The third-order valence-corrected chi connectivity index (χ3v) is 10.5. The van der Waals surface area contributed by atoms with E-state index in [9.17, 15) is 4.79 Å². The molecular weight excluding hydrogens is 418 g/mol. The zero-order valence-corrected chi connectivity index (χ0v) is 20.6. The molecule has 32 heavy (non-hydrogen) atoms. The highest BCUT2D eigenvalue weighted by Crippen LogP contribution is 2.56. The van der Waals surface area contributed by atoms with E-state index in [4.69, 9.17) is 11.6 Å². The van der Waals surface area contributed by atoms with Crippen molar-refractivity contribution in [3.05, 3.63) is 34.3 Å². The number of likely N-dealkylation sites (tertiary alicyclic amines) is 1. The summed E-state index contributed by atoms with van der Waals surface area (Å²) in [4.78, 5) is 18.0. The van der Waals surface area contributed by atoms with Crippen LogP contribution in [0.15, 0.2) is 18.2 Å². The summed E-state index contributed by atoms with van der Waals surface area (Å²) >= 11 is 6.77. The molecule has 7 rings (SSSR count). The molecule has 0 unspecified atom stereocenters. The van der Waals surface area contributed by atoms with E-state index < -0.39 is 0 Å². The SMILES string of the molecule is CN1C(C)(C)c2cccc(Cl)c2C12CCN(CC(=O)NC1C3CC4CC(C3)CC1C4)CC2. The highest BCUT2D eigenvalue weighted by Gasteiger charge is 2.54. The third-order valence-electron chi connectivity index (χ3n) is 10.2. The van der Waals surface area contributed by atoms with Gasteiger partial charge >= 0.3 is 0 Å². The average molecular weight is 456 g/mol. The molecule has 4 saturated carbocycles. The monoisotopic (exact) mass is 455 g/mol.